The number of allylic oxidation sites excluding steroid dienone is 5. The van der Waals surface area contributed by atoms with E-state index >= 15 is 0 Å². The Morgan fingerprint density at radius 2 is 2.22 bits per heavy atom. The fourth-order valence-electron chi connectivity index (χ4n) is 3.37. The largest absolute Gasteiger partial charge is 0.0999 e. The molecule has 3 unspecified atom stereocenters. The molecule has 0 nitrogen and oxygen atoms in total. The van der Waals surface area contributed by atoms with Crippen LogP contribution in [-0.4, -0.2) is 0 Å². The molecule has 0 aromatic carbocycles. The molecule has 0 saturated heterocycles. The third-order valence-electron chi connectivity index (χ3n) is 4.78. The minimum absolute atomic E-state index is 0.617. The molecule has 2 rings (SSSR count). The fourth-order valence-corrected chi connectivity index (χ4v) is 3.37. The van der Waals surface area contributed by atoms with Gasteiger partial charge in [-0.1, -0.05) is 62.6 Å². The second-order valence-corrected chi connectivity index (χ2v) is 6.74. The molecule has 0 aliphatic heterocycles. The van der Waals surface area contributed by atoms with E-state index in [1.807, 2.05) is 0 Å². The summed E-state index contributed by atoms with van der Waals surface area (Å²) in [6.45, 7) is 10.9. The summed E-state index contributed by atoms with van der Waals surface area (Å²) >= 11 is 0. The third-order valence-corrected chi connectivity index (χ3v) is 4.78. The summed E-state index contributed by atoms with van der Waals surface area (Å²) in [7, 11) is 0. The number of hydrogen-bond acceptors (Lipinski definition) is 0. The van der Waals surface area contributed by atoms with Crippen molar-refractivity contribution in [3.8, 4) is 0 Å². The summed E-state index contributed by atoms with van der Waals surface area (Å²) in [5.74, 6) is 3.27. The van der Waals surface area contributed by atoms with Crippen LogP contribution in [0.2, 0.25) is 0 Å². The molecule has 0 amide bonds. The molecule has 0 heterocycles. The van der Waals surface area contributed by atoms with Crippen LogP contribution in [0.5, 0.6) is 0 Å². The Morgan fingerprint density at radius 1 is 1.44 bits per heavy atom. The summed E-state index contributed by atoms with van der Waals surface area (Å²) in [4.78, 5) is 0. The zero-order valence-electron chi connectivity index (χ0n) is 12.3. The van der Waals surface area contributed by atoms with Gasteiger partial charge in [-0.3, -0.25) is 0 Å². The molecular weight excluding hydrogens is 216 g/mol. The van der Waals surface area contributed by atoms with Crippen LogP contribution < -0.4 is 0 Å². The summed E-state index contributed by atoms with van der Waals surface area (Å²) < 4.78 is 0. The van der Waals surface area contributed by atoms with Crippen LogP contribution in [0.25, 0.3) is 0 Å². The van der Waals surface area contributed by atoms with Crippen LogP contribution in [0.1, 0.15) is 52.9 Å². The van der Waals surface area contributed by atoms with Gasteiger partial charge in [-0.05, 0) is 49.9 Å². The molecule has 0 aromatic heterocycles. The van der Waals surface area contributed by atoms with Gasteiger partial charge < -0.3 is 0 Å². The lowest BCUT2D eigenvalue weighted by Gasteiger charge is -2.13. The van der Waals surface area contributed by atoms with Gasteiger partial charge in [0.15, 0.2) is 0 Å². The van der Waals surface area contributed by atoms with Crippen LogP contribution in [0.3, 0.4) is 0 Å². The van der Waals surface area contributed by atoms with E-state index < -0.39 is 0 Å². The minimum Gasteiger partial charge on any atom is -0.0999 e. The van der Waals surface area contributed by atoms with Crippen molar-refractivity contribution in [1.29, 1.82) is 0 Å². The van der Waals surface area contributed by atoms with Gasteiger partial charge in [-0.25, -0.2) is 0 Å². The highest BCUT2D eigenvalue weighted by Gasteiger charge is 2.24. The Labute approximate surface area is 113 Å². The highest BCUT2D eigenvalue weighted by atomic mass is 14.3. The van der Waals surface area contributed by atoms with Crippen molar-refractivity contribution in [3.63, 3.8) is 0 Å². The topological polar surface area (TPSA) is 0 Å². The zero-order chi connectivity index (χ0) is 13.1. The average molecular weight is 244 g/mol. The van der Waals surface area contributed by atoms with Crippen molar-refractivity contribution in [3.05, 3.63) is 36.0 Å². The van der Waals surface area contributed by atoms with Crippen LogP contribution in [0.15, 0.2) is 36.0 Å². The molecule has 0 heteroatoms. The molecule has 0 bridgehead atoms. The Morgan fingerprint density at radius 3 is 2.83 bits per heavy atom. The molecule has 0 N–H and O–H groups in total. The van der Waals surface area contributed by atoms with Crippen molar-refractivity contribution < 1.29 is 0 Å². The molecule has 1 fully saturated rings. The Bertz CT molecular complexity index is 358. The second kappa shape index (κ2) is 5.91. The molecule has 0 aromatic rings. The number of rotatable bonds is 5. The second-order valence-electron chi connectivity index (χ2n) is 6.74. The van der Waals surface area contributed by atoms with Gasteiger partial charge in [0.05, 0.1) is 0 Å². The van der Waals surface area contributed by atoms with E-state index in [0.29, 0.717) is 11.8 Å². The van der Waals surface area contributed by atoms with E-state index in [1.165, 1.54) is 43.3 Å². The highest BCUT2D eigenvalue weighted by Crippen LogP contribution is 2.37. The fraction of sp³-hybridized carbons (Fsp3) is 0.667. The average Bonchev–Trinajstić information content (AvgIpc) is 2.89. The van der Waals surface area contributed by atoms with Gasteiger partial charge in [0, 0.05) is 0 Å². The molecule has 100 valence electrons. The van der Waals surface area contributed by atoms with Crippen LogP contribution in [0, 0.1) is 23.7 Å². The van der Waals surface area contributed by atoms with Crippen LogP contribution in [-0.2, 0) is 0 Å². The summed E-state index contributed by atoms with van der Waals surface area (Å²) in [5.41, 5.74) is 2.83. The normalized spacial score (nSPS) is 32.6. The standard InChI is InChI=1S/C18H28/c1-13(2)15(4)10-17-7-8-18(12-17)11-16-6-5-14(3)9-16/h7-8,12,14-16,18H,1,5-6,9-11H2,2-4H3/t14?,15-,16?,18?/m0/s1. The SMILES string of the molecule is C=C(C)[C@@H](C)CC1=CC(CC2CCC(C)C2)C=C1. The molecule has 2 aliphatic rings. The van der Waals surface area contributed by atoms with Gasteiger partial charge in [0.1, 0.15) is 0 Å². The molecule has 18 heavy (non-hydrogen) atoms. The summed E-state index contributed by atoms with van der Waals surface area (Å²) in [5, 5.41) is 0. The van der Waals surface area contributed by atoms with Crippen molar-refractivity contribution in [2.75, 3.05) is 0 Å². The zero-order valence-corrected chi connectivity index (χ0v) is 12.3. The van der Waals surface area contributed by atoms with Crippen LogP contribution in [0.4, 0.5) is 0 Å². The van der Waals surface area contributed by atoms with E-state index in [9.17, 15) is 0 Å². The highest BCUT2D eigenvalue weighted by molar-refractivity contribution is 5.30. The van der Waals surface area contributed by atoms with E-state index in [1.54, 1.807) is 0 Å². The van der Waals surface area contributed by atoms with E-state index in [0.717, 1.165) is 11.8 Å². The maximum Gasteiger partial charge on any atom is -0.00418 e. The predicted octanol–water partition coefficient (Wildman–Crippen LogP) is 5.53. The smallest absolute Gasteiger partial charge is 0.00418 e. The van der Waals surface area contributed by atoms with E-state index in [-0.39, 0.29) is 0 Å². The van der Waals surface area contributed by atoms with Gasteiger partial charge >= 0.3 is 0 Å². The summed E-state index contributed by atoms with van der Waals surface area (Å²) in [6.07, 6.45) is 14.2. The van der Waals surface area contributed by atoms with Crippen molar-refractivity contribution in [1.82, 2.24) is 0 Å². The Hall–Kier alpha value is -0.780. The lowest BCUT2D eigenvalue weighted by Crippen LogP contribution is -2.01. The van der Waals surface area contributed by atoms with E-state index in [2.05, 4.69) is 45.6 Å². The lowest BCUT2D eigenvalue weighted by molar-refractivity contribution is 0.449. The van der Waals surface area contributed by atoms with Crippen LogP contribution >= 0.6 is 0 Å². The van der Waals surface area contributed by atoms with Crippen molar-refractivity contribution in [2.45, 2.75) is 52.9 Å². The van der Waals surface area contributed by atoms with Crippen molar-refractivity contribution >= 4 is 0 Å². The van der Waals surface area contributed by atoms with E-state index in [4.69, 9.17) is 0 Å². The Kier molecular flexibility index (Phi) is 4.48. The first-order chi connectivity index (χ1) is 8.54. The maximum absolute atomic E-state index is 4.06. The maximum atomic E-state index is 4.06. The van der Waals surface area contributed by atoms with Crippen molar-refractivity contribution in [2.24, 2.45) is 23.7 Å². The molecule has 0 spiro atoms. The summed E-state index contributed by atoms with van der Waals surface area (Å²) in [6, 6.07) is 0. The first-order valence-corrected chi connectivity index (χ1v) is 7.59. The molecular formula is C18H28. The first kappa shape index (κ1) is 13.6. The monoisotopic (exact) mass is 244 g/mol. The van der Waals surface area contributed by atoms with Gasteiger partial charge in [-0.2, -0.15) is 0 Å². The predicted molar refractivity (Wildman–Crippen MR) is 80.4 cm³/mol. The third kappa shape index (κ3) is 3.60. The molecule has 0 radical (unpaired) electrons. The number of hydrogen-bond donors (Lipinski definition) is 0. The Balaban J connectivity index is 1.81. The molecule has 2 aliphatic carbocycles. The van der Waals surface area contributed by atoms with Gasteiger partial charge in [0.25, 0.3) is 0 Å². The quantitative estimate of drug-likeness (QED) is 0.558. The van der Waals surface area contributed by atoms with Gasteiger partial charge in [-0.15, -0.1) is 0 Å². The molecule has 1 saturated carbocycles. The molecule has 4 atom stereocenters. The van der Waals surface area contributed by atoms with Gasteiger partial charge in [0.2, 0.25) is 0 Å². The minimum atomic E-state index is 0.617. The first-order valence-electron chi connectivity index (χ1n) is 7.59. The lowest BCUT2D eigenvalue weighted by atomic mass is 9.92.